The minimum absolute atomic E-state index is 0. The third-order valence-electron chi connectivity index (χ3n) is 5.24. The molecule has 1 fully saturated rings. The number of hydrogen-bond donors (Lipinski definition) is 1. The number of halogens is 1. The minimum Gasteiger partial charge on any atom is -0.338 e. The third-order valence-corrected chi connectivity index (χ3v) is 5.24. The predicted molar refractivity (Wildman–Crippen MR) is 110 cm³/mol. The van der Waals surface area contributed by atoms with Crippen LogP contribution in [0.3, 0.4) is 0 Å². The second-order valence-electron chi connectivity index (χ2n) is 6.97. The quantitative estimate of drug-likeness (QED) is 0.827. The summed E-state index contributed by atoms with van der Waals surface area (Å²) in [5.74, 6) is 0.455. The molecule has 1 amide bonds. The highest BCUT2D eigenvalue weighted by Crippen LogP contribution is 2.27. The maximum atomic E-state index is 13.0. The maximum Gasteiger partial charge on any atom is 0.223 e. The van der Waals surface area contributed by atoms with Crippen LogP contribution in [0.2, 0.25) is 0 Å². The lowest BCUT2D eigenvalue weighted by Crippen LogP contribution is -2.47. The van der Waals surface area contributed by atoms with Crippen molar-refractivity contribution in [1.29, 1.82) is 0 Å². The Balaban J connectivity index is 0.00000243. The molecule has 2 aromatic carbocycles. The summed E-state index contributed by atoms with van der Waals surface area (Å²) in [7, 11) is 0. The Hall–Kier alpha value is -1.84. The van der Waals surface area contributed by atoms with Crippen LogP contribution >= 0.6 is 12.4 Å². The summed E-state index contributed by atoms with van der Waals surface area (Å²) in [5, 5.41) is 0. The number of benzene rings is 2. The van der Waals surface area contributed by atoms with Gasteiger partial charge in [0.25, 0.3) is 0 Å². The van der Waals surface area contributed by atoms with Crippen LogP contribution in [0.4, 0.5) is 0 Å². The molecule has 0 saturated carbocycles. The van der Waals surface area contributed by atoms with Gasteiger partial charge in [-0.1, -0.05) is 60.7 Å². The van der Waals surface area contributed by atoms with Crippen LogP contribution in [0.1, 0.15) is 42.7 Å². The van der Waals surface area contributed by atoms with Crippen LogP contribution < -0.4 is 5.73 Å². The van der Waals surface area contributed by atoms with E-state index in [1.807, 2.05) is 17.0 Å². The predicted octanol–water partition coefficient (Wildman–Crippen LogP) is 4.16. The average molecular weight is 373 g/mol. The summed E-state index contributed by atoms with van der Waals surface area (Å²) >= 11 is 0. The number of carbonyl (C=O) groups excluding carboxylic acids is 1. The SMILES string of the molecule is Cl.NCC1CCCCN1C(=O)CC(Cc1ccccc1)c1ccccc1. The van der Waals surface area contributed by atoms with Crippen LogP contribution in [-0.2, 0) is 11.2 Å². The molecule has 0 aromatic heterocycles. The maximum absolute atomic E-state index is 13.0. The lowest BCUT2D eigenvalue weighted by molar-refractivity contribution is -0.135. The van der Waals surface area contributed by atoms with Gasteiger partial charge in [0.2, 0.25) is 5.91 Å². The molecule has 0 radical (unpaired) electrons. The van der Waals surface area contributed by atoms with Crippen molar-refractivity contribution in [3.63, 3.8) is 0 Å². The molecule has 140 valence electrons. The molecule has 26 heavy (non-hydrogen) atoms. The van der Waals surface area contributed by atoms with Crippen molar-refractivity contribution in [3.05, 3.63) is 71.8 Å². The van der Waals surface area contributed by atoms with Gasteiger partial charge in [0.15, 0.2) is 0 Å². The highest BCUT2D eigenvalue weighted by molar-refractivity contribution is 5.85. The lowest BCUT2D eigenvalue weighted by atomic mass is 9.88. The normalized spacial score (nSPS) is 18.0. The van der Waals surface area contributed by atoms with E-state index in [1.165, 1.54) is 17.5 Å². The molecule has 2 unspecified atom stereocenters. The van der Waals surface area contributed by atoms with E-state index in [9.17, 15) is 4.79 Å². The van der Waals surface area contributed by atoms with Crippen molar-refractivity contribution in [1.82, 2.24) is 4.90 Å². The second-order valence-corrected chi connectivity index (χ2v) is 6.97. The molecule has 1 heterocycles. The Bertz CT molecular complexity index is 662. The molecule has 1 saturated heterocycles. The standard InChI is InChI=1S/C22H28N2O.ClH/c23-17-21-13-7-8-14-24(21)22(25)16-20(19-11-5-2-6-12-19)15-18-9-3-1-4-10-18;/h1-6,9-12,20-21H,7-8,13-17,23H2;1H. The lowest BCUT2D eigenvalue weighted by Gasteiger charge is -2.36. The minimum atomic E-state index is 0. The summed E-state index contributed by atoms with van der Waals surface area (Å²) in [5.41, 5.74) is 8.42. The van der Waals surface area contributed by atoms with Gasteiger partial charge in [-0.3, -0.25) is 4.79 Å². The summed E-state index contributed by atoms with van der Waals surface area (Å²) in [6.45, 7) is 1.42. The number of rotatable bonds is 6. The van der Waals surface area contributed by atoms with E-state index in [0.29, 0.717) is 13.0 Å². The van der Waals surface area contributed by atoms with E-state index in [2.05, 4.69) is 48.5 Å². The molecular formula is C22H29ClN2O. The van der Waals surface area contributed by atoms with Gasteiger partial charge in [-0.05, 0) is 42.7 Å². The van der Waals surface area contributed by atoms with E-state index in [1.54, 1.807) is 0 Å². The Morgan fingerprint density at radius 2 is 1.69 bits per heavy atom. The van der Waals surface area contributed by atoms with Gasteiger partial charge in [-0.2, -0.15) is 0 Å². The first kappa shape index (κ1) is 20.5. The summed E-state index contributed by atoms with van der Waals surface area (Å²) in [4.78, 5) is 15.0. The van der Waals surface area contributed by atoms with Crippen LogP contribution in [0.25, 0.3) is 0 Å². The van der Waals surface area contributed by atoms with Gasteiger partial charge in [0.1, 0.15) is 0 Å². The van der Waals surface area contributed by atoms with Crippen LogP contribution in [-0.4, -0.2) is 29.9 Å². The topological polar surface area (TPSA) is 46.3 Å². The molecule has 1 aliphatic rings. The van der Waals surface area contributed by atoms with Crippen molar-refractivity contribution in [3.8, 4) is 0 Å². The van der Waals surface area contributed by atoms with E-state index >= 15 is 0 Å². The number of amides is 1. The fourth-order valence-electron chi connectivity index (χ4n) is 3.83. The number of carbonyl (C=O) groups is 1. The fraction of sp³-hybridized carbons (Fsp3) is 0.409. The van der Waals surface area contributed by atoms with Crippen molar-refractivity contribution >= 4 is 18.3 Å². The first-order valence-electron chi connectivity index (χ1n) is 9.36. The molecule has 1 aliphatic heterocycles. The van der Waals surface area contributed by atoms with Crippen molar-refractivity contribution in [2.24, 2.45) is 5.73 Å². The third kappa shape index (κ3) is 5.33. The second kappa shape index (κ2) is 10.3. The molecule has 4 heteroatoms. The van der Waals surface area contributed by atoms with Gasteiger partial charge >= 0.3 is 0 Å². The van der Waals surface area contributed by atoms with Crippen molar-refractivity contribution in [2.75, 3.05) is 13.1 Å². The zero-order valence-electron chi connectivity index (χ0n) is 15.2. The number of hydrogen-bond acceptors (Lipinski definition) is 2. The average Bonchev–Trinajstić information content (AvgIpc) is 2.69. The molecule has 2 atom stereocenters. The Morgan fingerprint density at radius 3 is 2.35 bits per heavy atom. The number of piperidine rings is 1. The van der Waals surface area contributed by atoms with E-state index < -0.39 is 0 Å². The first-order valence-corrected chi connectivity index (χ1v) is 9.36. The number of nitrogens with zero attached hydrogens (tertiary/aromatic N) is 1. The summed E-state index contributed by atoms with van der Waals surface area (Å²) in [6.07, 6.45) is 4.75. The summed E-state index contributed by atoms with van der Waals surface area (Å²) in [6, 6.07) is 21.1. The molecule has 3 nitrogen and oxygen atoms in total. The molecule has 2 aromatic rings. The Morgan fingerprint density at radius 1 is 1.04 bits per heavy atom. The molecule has 0 aliphatic carbocycles. The summed E-state index contributed by atoms with van der Waals surface area (Å²) < 4.78 is 0. The number of nitrogens with two attached hydrogens (primary N) is 1. The fourth-order valence-corrected chi connectivity index (χ4v) is 3.83. The zero-order valence-corrected chi connectivity index (χ0v) is 16.0. The van der Waals surface area contributed by atoms with Crippen molar-refractivity contribution < 1.29 is 4.79 Å². The Labute approximate surface area is 163 Å². The van der Waals surface area contributed by atoms with Gasteiger partial charge in [-0.15, -0.1) is 12.4 Å². The van der Waals surface area contributed by atoms with Gasteiger partial charge in [0, 0.05) is 25.6 Å². The monoisotopic (exact) mass is 372 g/mol. The van der Waals surface area contributed by atoms with Crippen LogP contribution in [0, 0.1) is 0 Å². The first-order chi connectivity index (χ1) is 12.3. The zero-order chi connectivity index (χ0) is 17.5. The number of likely N-dealkylation sites (tertiary alicyclic amines) is 1. The van der Waals surface area contributed by atoms with Gasteiger partial charge in [-0.25, -0.2) is 0 Å². The van der Waals surface area contributed by atoms with E-state index in [-0.39, 0.29) is 30.3 Å². The van der Waals surface area contributed by atoms with Gasteiger partial charge in [0.05, 0.1) is 0 Å². The molecule has 0 spiro atoms. The molecular weight excluding hydrogens is 344 g/mol. The Kier molecular flexibility index (Phi) is 8.14. The van der Waals surface area contributed by atoms with Crippen LogP contribution in [0.15, 0.2) is 60.7 Å². The van der Waals surface area contributed by atoms with E-state index in [4.69, 9.17) is 5.73 Å². The smallest absolute Gasteiger partial charge is 0.223 e. The largest absolute Gasteiger partial charge is 0.338 e. The molecule has 2 N–H and O–H groups in total. The molecule has 3 rings (SSSR count). The highest BCUT2D eigenvalue weighted by atomic mass is 35.5. The van der Waals surface area contributed by atoms with Gasteiger partial charge < -0.3 is 10.6 Å². The van der Waals surface area contributed by atoms with Crippen molar-refractivity contribution in [2.45, 2.75) is 44.1 Å². The highest BCUT2D eigenvalue weighted by Gasteiger charge is 2.27. The van der Waals surface area contributed by atoms with E-state index in [0.717, 1.165) is 25.8 Å². The van der Waals surface area contributed by atoms with Crippen LogP contribution in [0.5, 0.6) is 0 Å². The molecule has 0 bridgehead atoms.